The second-order valence-electron chi connectivity index (χ2n) is 7.71. The van der Waals surface area contributed by atoms with Gasteiger partial charge in [-0.25, -0.2) is 4.39 Å². The Labute approximate surface area is 185 Å². The van der Waals surface area contributed by atoms with E-state index < -0.39 is 5.82 Å². The zero-order valence-electron chi connectivity index (χ0n) is 17.8. The summed E-state index contributed by atoms with van der Waals surface area (Å²) in [7, 11) is 1.61. The van der Waals surface area contributed by atoms with Gasteiger partial charge in [-0.05, 0) is 43.2 Å². The van der Waals surface area contributed by atoms with Gasteiger partial charge in [-0.15, -0.1) is 5.10 Å². The van der Waals surface area contributed by atoms with E-state index in [9.17, 15) is 14.0 Å². The van der Waals surface area contributed by atoms with Crippen molar-refractivity contribution in [2.75, 3.05) is 25.1 Å². The van der Waals surface area contributed by atoms with Crippen molar-refractivity contribution in [3.8, 4) is 11.4 Å². The standard InChI is InChI=1S/C24H25FN4O3/c1-32-21-8-3-2-5-18(21)16-26-24(31)17-11-13-28(14-12-17)22-9-10-23(30)29(27-22)20-7-4-6-19(25)15-20/h2-10,15,17H,11-14,16H2,1H3,(H,26,31). The number of piperidine rings is 1. The highest BCUT2D eigenvalue weighted by Crippen LogP contribution is 2.23. The van der Waals surface area contributed by atoms with Crippen molar-refractivity contribution in [2.24, 2.45) is 5.92 Å². The van der Waals surface area contributed by atoms with Crippen molar-refractivity contribution in [3.05, 3.63) is 82.4 Å². The molecule has 0 unspecified atom stereocenters. The molecule has 1 fully saturated rings. The molecule has 1 aliphatic heterocycles. The highest BCUT2D eigenvalue weighted by atomic mass is 19.1. The molecular formula is C24H25FN4O3. The minimum atomic E-state index is -0.429. The predicted octanol–water partition coefficient (Wildman–Crippen LogP) is 2.91. The van der Waals surface area contributed by atoms with Crippen molar-refractivity contribution in [1.29, 1.82) is 0 Å². The smallest absolute Gasteiger partial charge is 0.271 e. The monoisotopic (exact) mass is 436 g/mol. The molecule has 4 rings (SSSR count). The molecule has 0 atom stereocenters. The fraction of sp³-hybridized carbons (Fsp3) is 0.292. The summed E-state index contributed by atoms with van der Waals surface area (Å²) in [6.45, 7) is 1.70. The maximum atomic E-state index is 13.6. The normalized spacial score (nSPS) is 14.2. The Bertz CT molecular complexity index is 1160. The highest BCUT2D eigenvalue weighted by Gasteiger charge is 2.26. The summed E-state index contributed by atoms with van der Waals surface area (Å²) in [5.41, 5.74) is 0.983. The molecule has 166 valence electrons. The number of methoxy groups -OCH3 is 1. The van der Waals surface area contributed by atoms with E-state index in [0.717, 1.165) is 11.3 Å². The van der Waals surface area contributed by atoms with E-state index in [4.69, 9.17) is 4.74 Å². The molecule has 32 heavy (non-hydrogen) atoms. The summed E-state index contributed by atoms with van der Waals surface area (Å²) in [5.74, 6) is 0.883. The molecule has 0 bridgehead atoms. The van der Waals surface area contributed by atoms with Crippen molar-refractivity contribution in [2.45, 2.75) is 19.4 Å². The fourth-order valence-electron chi connectivity index (χ4n) is 3.91. The summed E-state index contributed by atoms with van der Waals surface area (Å²) in [4.78, 5) is 26.9. The number of hydrogen-bond acceptors (Lipinski definition) is 5. The molecule has 1 aliphatic rings. The molecule has 2 heterocycles. The van der Waals surface area contributed by atoms with Gasteiger partial charge >= 0.3 is 0 Å². The number of halogens is 1. The molecule has 1 N–H and O–H groups in total. The lowest BCUT2D eigenvalue weighted by Gasteiger charge is -2.32. The first-order chi connectivity index (χ1) is 15.5. The van der Waals surface area contributed by atoms with Crippen LogP contribution in [0.3, 0.4) is 0 Å². The summed E-state index contributed by atoms with van der Waals surface area (Å²) in [6, 6.07) is 16.5. The van der Waals surface area contributed by atoms with Gasteiger partial charge in [-0.2, -0.15) is 4.68 Å². The number of nitrogens with zero attached hydrogens (tertiary/aromatic N) is 3. The molecule has 0 aliphatic carbocycles. The summed E-state index contributed by atoms with van der Waals surface area (Å²) >= 11 is 0. The van der Waals surface area contributed by atoms with Crippen LogP contribution in [0.25, 0.3) is 5.69 Å². The number of amides is 1. The van der Waals surface area contributed by atoms with Gasteiger partial charge in [0.1, 0.15) is 17.4 Å². The molecule has 1 amide bonds. The number of anilines is 1. The molecule has 0 saturated carbocycles. The first-order valence-corrected chi connectivity index (χ1v) is 10.6. The van der Waals surface area contributed by atoms with Crippen LogP contribution >= 0.6 is 0 Å². The Morgan fingerprint density at radius 3 is 2.66 bits per heavy atom. The Kier molecular flexibility index (Phi) is 6.49. The van der Waals surface area contributed by atoms with Gasteiger partial charge in [-0.1, -0.05) is 24.3 Å². The third-order valence-electron chi connectivity index (χ3n) is 5.67. The van der Waals surface area contributed by atoms with Crippen LogP contribution in [0.1, 0.15) is 18.4 Å². The van der Waals surface area contributed by atoms with Crippen LogP contribution in [-0.4, -0.2) is 35.9 Å². The van der Waals surface area contributed by atoms with Crippen LogP contribution in [0.15, 0.2) is 65.5 Å². The number of benzene rings is 2. The molecular weight excluding hydrogens is 411 g/mol. The first-order valence-electron chi connectivity index (χ1n) is 10.6. The van der Waals surface area contributed by atoms with Crippen molar-refractivity contribution < 1.29 is 13.9 Å². The number of ether oxygens (including phenoxy) is 1. The topological polar surface area (TPSA) is 76.5 Å². The highest BCUT2D eigenvalue weighted by molar-refractivity contribution is 5.79. The minimum absolute atomic E-state index is 0.0215. The summed E-state index contributed by atoms with van der Waals surface area (Å²) in [5, 5.41) is 7.43. The van der Waals surface area contributed by atoms with Crippen LogP contribution in [-0.2, 0) is 11.3 Å². The SMILES string of the molecule is COc1ccccc1CNC(=O)C1CCN(c2ccc(=O)n(-c3cccc(F)c3)n2)CC1. The summed E-state index contributed by atoms with van der Waals surface area (Å²) < 4.78 is 20.1. The van der Waals surface area contributed by atoms with E-state index in [0.29, 0.717) is 44.0 Å². The Hall–Kier alpha value is -3.68. The molecule has 8 heteroatoms. The van der Waals surface area contributed by atoms with Gasteiger partial charge < -0.3 is 15.0 Å². The van der Waals surface area contributed by atoms with Crippen molar-refractivity contribution in [1.82, 2.24) is 15.1 Å². The Balaban J connectivity index is 1.38. The zero-order valence-corrected chi connectivity index (χ0v) is 17.8. The van der Waals surface area contributed by atoms with E-state index in [1.165, 1.54) is 22.9 Å². The van der Waals surface area contributed by atoms with Crippen LogP contribution < -0.4 is 20.5 Å². The van der Waals surface area contributed by atoms with Crippen LogP contribution in [0.4, 0.5) is 10.2 Å². The van der Waals surface area contributed by atoms with E-state index in [-0.39, 0.29) is 17.4 Å². The van der Waals surface area contributed by atoms with Crippen LogP contribution in [0.5, 0.6) is 5.75 Å². The zero-order chi connectivity index (χ0) is 22.5. The third-order valence-corrected chi connectivity index (χ3v) is 5.67. The maximum absolute atomic E-state index is 13.6. The first kappa shape index (κ1) is 21.5. The van der Waals surface area contributed by atoms with E-state index in [1.807, 2.05) is 29.2 Å². The largest absolute Gasteiger partial charge is 0.496 e. The summed E-state index contributed by atoms with van der Waals surface area (Å²) in [6.07, 6.45) is 1.36. The fourth-order valence-corrected chi connectivity index (χ4v) is 3.91. The predicted molar refractivity (Wildman–Crippen MR) is 120 cm³/mol. The Morgan fingerprint density at radius 1 is 1.12 bits per heavy atom. The van der Waals surface area contributed by atoms with E-state index >= 15 is 0 Å². The lowest BCUT2D eigenvalue weighted by atomic mass is 9.96. The molecule has 0 spiro atoms. The van der Waals surface area contributed by atoms with Gasteiger partial charge in [0.25, 0.3) is 5.56 Å². The molecule has 1 saturated heterocycles. The molecule has 2 aromatic carbocycles. The number of aromatic nitrogens is 2. The van der Waals surface area contributed by atoms with Crippen LogP contribution in [0, 0.1) is 11.7 Å². The lowest BCUT2D eigenvalue weighted by Crippen LogP contribution is -2.41. The second kappa shape index (κ2) is 9.64. The number of carbonyl (C=O) groups excluding carboxylic acids is 1. The maximum Gasteiger partial charge on any atom is 0.271 e. The Morgan fingerprint density at radius 2 is 1.91 bits per heavy atom. The lowest BCUT2D eigenvalue weighted by molar-refractivity contribution is -0.125. The van der Waals surface area contributed by atoms with Gasteiger partial charge in [0.15, 0.2) is 0 Å². The van der Waals surface area contributed by atoms with Gasteiger partial charge in [0, 0.05) is 37.2 Å². The van der Waals surface area contributed by atoms with Crippen LogP contribution in [0.2, 0.25) is 0 Å². The van der Waals surface area contributed by atoms with Gasteiger partial charge in [0.05, 0.1) is 12.8 Å². The number of nitrogens with one attached hydrogen (secondary N) is 1. The van der Waals surface area contributed by atoms with E-state index in [1.54, 1.807) is 25.3 Å². The average molecular weight is 436 g/mol. The number of hydrogen-bond donors (Lipinski definition) is 1. The average Bonchev–Trinajstić information content (AvgIpc) is 2.83. The molecule has 0 radical (unpaired) electrons. The molecule has 7 nitrogen and oxygen atoms in total. The third kappa shape index (κ3) is 4.80. The number of para-hydroxylation sites is 1. The minimum Gasteiger partial charge on any atom is -0.496 e. The molecule has 3 aromatic rings. The van der Waals surface area contributed by atoms with Gasteiger partial charge in [0.2, 0.25) is 5.91 Å². The van der Waals surface area contributed by atoms with Gasteiger partial charge in [-0.3, -0.25) is 9.59 Å². The number of carbonyl (C=O) groups is 1. The molecule has 1 aromatic heterocycles. The quantitative estimate of drug-likeness (QED) is 0.643. The number of rotatable bonds is 6. The van der Waals surface area contributed by atoms with Crippen molar-refractivity contribution in [3.63, 3.8) is 0 Å². The van der Waals surface area contributed by atoms with E-state index in [2.05, 4.69) is 10.4 Å². The van der Waals surface area contributed by atoms with Crippen molar-refractivity contribution >= 4 is 11.7 Å². The second-order valence-corrected chi connectivity index (χ2v) is 7.71.